The largest absolute Gasteiger partial charge is 0.492 e. The molecule has 2 aliphatic rings. The maximum atomic E-state index is 12.4. The van der Waals surface area contributed by atoms with Crippen LogP contribution in [-0.4, -0.2) is 63.3 Å². The van der Waals surface area contributed by atoms with Gasteiger partial charge in [-0.1, -0.05) is 0 Å². The summed E-state index contributed by atoms with van der Waals surface area (Å²) in [6.07, 6.45) is 6.71. The normalized spacial score (nSPS) is 16.1. The van der Waals surface area contributed by atoms with Crippen LogP contribution >= 0.6 is 24.8 Å². The Morgan fingerprint density at radius 3 is 2.71 bits per heavy atom. The average molecular weight is 463 g/mol. The van der Waals surface area contributed by atoms with E-state index in [0.29, 0.717) is 49.4 Å². The van der Waals surface area contributed by atoms with Gasteiger partial charge < -0.3 is 24.3 Å². The van der Waals surface area contributed by atoms with Crippen molar-refractivity contribution in [1.29, 1.82) is 0 Å². The van der Waals surface area contributed by atoms with E-state index >= 15 is 0 Å². The molecule has 9 nitrogen and oxygen atoms in total. The number of nitrogens with one attached hydrogen (secondary N) is 1. The summed E-state index contributed by atoms with van der Waals surface area (Å²) in [6.45, 7) is 2.29. The third-order valence-corrected chi connectivity index (χ3v) is 5.02. The second-order valence-corrected chi connectivity index (χ2v) is 6.79. The van der Waals surface area contributed by atoms with Crippen LogP contribution in [0.15, 0.2) is 46.1 Å². The summed E-state index contributed by atoms with van der Waals surface area (Å²) in [5.74, 6) is 1.38. The van der Waals surface area contributed by atoms with Crippen LogP contribution in [0.4, 0.5) is 11.8 Å². The third kappa shape index (κ3) is 4.28. The quantitative estimate of drug-likeness (QED) is 0.618. The Labute approximate surface area is 190 Å². The highest BCUT2D eigenvalue weighted by atomic mass is 35.5. The number of anilines is 1. The molecule has 0 radical (unpaired) electrons. The fraction of sp³-hybridized carbons (Fsp3) is 0.200. The third-order valence-electron chi connectivity index (χ3n) is 5.02. The number of fused-ring (bicyclic) bond motifs is 1. The second-order valence-electron chi connectivity index (χ2n) is 6.79. The smallest absolute Gasteiger partial charge is 0.289 e. The molecule has 5 rings (SSSR count). The maximum Gasteiger partial charge on any atom is 0.289 e. The van der Waals surface area contributed by atoms with Gasteiger partial charge in [-0.15, -0.1) is 24.8 Å². The van der Waals surface area contributed by atoms with Gasteiger partial charge in [-0.3, -0.25) is 4.79 Å². The van der Waals surface area contributed by atoms with Crippen LogP contribution in [0.3, 0.4) is 0 Å². The lowest BCUT2D eigenvalue weighted by molar-refractivity contribution is 0.0714. The summed E-state index contributed by atoms with van der Waals surface area (Å²) in [5, 5.41) is 10.3. The Morgan fingerprint density at radius 2 is 1.97 bits per heavy atom. The number of hydrogen-bond acceptors (Lipinski definition) is 7. The molecule has 0 atom stereocenters. The molecule has 2 N–H and O–H groups in total. The first-order valence-corrected chi connectivity index (χ1v) is 9.27. The highest BCUT2D eigenvalue weighted by molar-refractivity contribution is 6.20. The summed E-state index contributed by atoms with van der Waals surface area (Å²) in [4.78, 5) is 32.0. The van der Waals surface area contributed by atoms with Gasteiger partial charge in [0.2, 0.25) is 11.8 Å². The highest BCUT2D eigenvalue weighted by Gasteiger charge is 2.25. The maximum absolute atomic E-state index is 12.4. The van der Waals surface area contributed by atoms with E-state index in [1.807, 2.05) is 17.0 Å². The van der Waals surface area contributed by atoms with Gasteiger partial charge in [0.25, 0.3) is 5.91 Å². The number of halogens is 2. The fourth-order valence-corrected chi connectivity index (χ4v) is 3.49. The van der Waals surface area contributed by atoms with E-state index in [9.17, 15) is 9.90 Å². The number of amides is 1. The molecule has 5 heterocycles. The molecule has 11 heteroatoms. The zero-order chi connectivity index (χ0) is 19.8. The van der Waals surface area contributed by atoms with E-state index in [2.05, 4.69) is 19.9 Å². The number of imidazole rings is 1. The predicted octanol–water partition coefficient (Wildman–Crippen LogP) is 3.17. The number of aromatic amines is 1. The van der Waals surface area contributed by atoms with Crippen LogP contribution in [-0.2, 0) is 0 Å². The minimum absolute atomic E-state index is 0. The number of hydrogen-bond donors (Lipinski definition) is 2. The van der Waals surface area contributed by atoms with Crippen molar-refractivity contribution in [3.63, 3.8) is 0 Å². The SMILES string of the molecule is Cl.Cl.O=C(c1ccco1)N1CCN(c2nc(O)c(/C=C3\C=Nc4ncccc43)[nH]2)CC1. The van der Waals surface area contributed by atoms with E-state index < -0.39 is 0 Å². The van der Waals surface area contributed by atoms with E-state index in [1.165, 1.54) is 6.26 Å². The molecule has 1 fully saturated rings. The number of furan rings is 1. The van der Waals surface area contributed by atoms with Gasteiger partial charge in [0.05, 0.1) is 6.26 Å². The summed E-state index contributed by atoms with van der Waals surface area (Å²) >= 11 is 0. The molecule has 0 aromatic carbocycles. The second kappa shape index (κ2) is 9.23. The lowest BCUT2D eigenvalue weighted by Crippen LogP contribution is -2.49. The number of H-pyrrole nitrogens is 1. The molecule has 0 spiro atoms. The van der Waals surface area contributed by atoms with Crippen molar-refractivity contribution in [2.45, 2.75) is 0 Å². The number of aromatic hydroxyl groups is 1. The van der Waals surface area contributed by atoms with Gasteiger partial charge in [0.15, 0.2) is 11.6 Å². The Balaban J connectivity index is 0.00000136. The molecule has 31 heavy (non-hydrogen) atoms. The van der Waals surface area contributed by atoms with Crippen LogP contribution in [0, 0.1) is 0 Å². The Morgan fingerprint density at radius 1 is 1.16 bits per heavy atom. The summed E-state index contributed by atoms with van der Waals surface area (Å²) < 4.78 is 5.19. The zero-order valence-corrected chi connectivity index (χ0v) is 17.9. The molecule has 3 aromatic heterocycles. The predicted molar refractivity (Wildman–Crippen MR) is 122 cm³/mol. The standard InChI is InChI=1S/C20H18N6O3.2ClH/c27-18-15(11-13-12-22-17-14(13)3-1-5-21-17)23-20(24-18)26-8-6-25(7-9-26)19(28)16-4-2-10-29-16;;/h1-5,10-12,27H,6-9H2,(H,23,24);2*1H/b13-11+;;. The van der Waals surface area contributed by atoms with Gasteiger partial charge in [-0.05, 0) is 30.3 Å². The molecule has 3 aromatic rings. The highest BCUT2D eigenvalue weighted by Crippen LogP contribution is 2.32. The van der Waals surface area contributed by atoms with Crippen LogP contribution in [0.25, 0.3) is 11.6 Å². The Bertz CT molecular complexity index is 1120. The van der Waals surface area contributed by atoms with E-state index in [4.69, 9.17) is 4.42 Å². The lowest BCUT2D eigenvalue weighted by atomic mass is 10.1. The number of aromatic nitrogens is 3. The molecule has 1 amide bonds. The fourth-order valence-electron chi connectivity index (χ4n) is 3.49. The van der Waals surface area contributed by atoms with Crippen molar-refractivity contribution < 1.29 is 14.3 Å². The van der Waals surface area contributed by atoms with Gasteiger partial charge in [-0.2, -0.15) is 4.98 Å². The van der Waals surface area contributed by atoms with Crippen molar-refractivity contribution in [3.8, 4) is 5.88 Å². The summed E-state index contributed by atoms with van der Waals surface area (Å²) in [7, 11) is 0. The molecule has 0 bridgehead atoms. The molecule has 2 aliphatic heterocycles. The zero-order valence-electron chi connectivity index (χ0n) is 16.3. The van der Waals surface area contributed by atoms with Gasteiger partial charge in [-0.25, -0.2) is 9.98 Å². The first-order chi connectivity index (χ1) is 14.2. The molecular formula is C20H20Cl2N6O3. The lowest BCUT2D eigenvalue weighted by Gasteiger charge is -2.34. The minimum Gasteiger partial charge on any atom is -0.492 e. The van der Waals surface area contributed by atoms with Crippen molar-refractivity contribution in [2.24, 2.45) is 4.99 Å². The van der Waals surface area contributed by atoms with Crippen molar-refractivity contribution >= 4 is 60.4 Å². The van der Waals surface area contributed by atoms with Gasteiger partial charge in [0, 0.05) is 49.7 Å². The van der Waals surface area contributed by atoms with E-state index in [-0.39, 0.29) is 36.6 Å². The number of aliphatic imine (C=N–C) groups is 1. The monoisotopic (exact) mass is 462 g/mol. The molecule has 1 saturated heterocycles. The topological polar surface area (TPSA) is 111 Å². The molecule has 0 unspecified atom stereocenters. The summed E-state index contributed by atoms with van der Waals surface area (Å²) in [5.41, 5.74) is 2.27. The Kier molecular flexibility index (Phi) is 6.67. The number of carbonyl (C=O) groups excluding carboxylic acids is 1. The molecular weight excluding hydrogens is 443 g/mol. The van der Waals surface area contributed by atoms with Crippen molar-refractivity contribution in [2.75, 3.05) is 31.1 Å². The van der Waals surface area contributed by atoms with Crippen molar-refractivity contribution in [1.82, 2.24) is 19.9 Å². The number of piperazine rings is 1. The molecule has 162 valence electrons. The van der Waals surface area contributed by atoms with Crippen LogP contribution < -0.4 is 4.90 Å². The van der Waals surface area contributed by atoms with Crippen LogP contribution in [0.5, 0.6) is 5.88 Å². The van der Waals surface area contributed by atoms with E-state index in [0.717, 1.165) is 11.1 Å². The van der Waals surface area contributed by atoms with Crippen molar-refractivity contribution in [3.05, 3.63) is 53.7 Å². The first kappa shape index (κ1) is 22.4. The first-order valence-electron chi connectivity index (χ1n) is 9.27. The van der Waals surface area contributed by atoms with E-state index in [1.54, 1.807) is 35.5 Å². The average Bonchev–Trinajstić information content (AvgIpc) is 3.49. The number of allylic oxidation sites excluding steroid dienone is 1. The Hall–Kier alpha value is -3.30. The minimum atomic E-state index is -0.116. The molecule has 0 saturated carbocycles. The summed E-state index contributed by atoms with van der Waals surface area (Å²) in [6, 6.07) is 7.15. The molecule has 0 aliphatic carbocycles. The van der Waals surface area contributed by atoms with Crippen LogP contribution in [0.1, 0.15) is 21.8 Å². The number of rotatable bonds is 3. The van der Waals surface area contributed by atoms with Gasteiger partial charge in [0.1, 0.15) is 5.69 Å². The van der Waals surface area contributed by atoms with Gasteiger partial charge >= 0.3 is 0 Å². The number of pyridine rings is 1. The van der Waals surface area contributed by atoms with Crippen LogP contribution in [0.2, 0.25) is 0 Å². The number of nitrogens with zero attached hydrogens (tertiary/aromatic N) is 5. The number of carbonyl (C=O) groups is 1.